The van der Waals surface area contributed by atoms with E-state index in [0.717, 1.165) is 26.3 Å². The van der Waals surface area contributed by atoms with Crippen molar-refractivity contribution in [3.05, 3.63) is 41.1 Å². The van der Waals surface area contributed by atoms with Crippen LogP contribution in [0.15, 0.2) is 41.1 Å². The second-order valence-electron chi connectivity index (χ2n) is 7.61. The molecule has 1 atom stereocenters. The van der Waals surface area contributed by atoms with Gasteiger partial charge >= 0.3 is 0 Å². The van der Waals surface area contributed by atoms with Crippen LogP contribution >= 0.6 is 11.3 Å². The molecular weight excluding hydrogens is 340 g/mol. The summed E-state index contributed by atoms with van der Waals surface area (Å²) in [5, 5.41) is 4.61. The number of likely N-dealkylation sites (tertiary alicyclic amines) is 1. The third-order valence-corrected chi connectivity index (χ3v) is 6.42. The van der Waals surface area contributed by atoms with Gasteiger partial charge in [-0.1, -0.05) is 30.3 Å². The molecule has 0 radical (unpaired) electrons. The molecule has 140 valence electrons. The van der Waals surface area contributed by atoms with Gasteiger partial charge in [0.15, 0.2) is 0 Å². The topological polar surface area (TPSA) is 15.7 Å². The predicted octanol–water partition coefficient (Wildman–Crippen LogP) is 4.74. The van der Waals surface area contributed by atoms with Crippen LogP contribution < -0.4 is 4.90 Å². The highest BCUT2D eigenvalue weighted by atomic mass is 32.1. The SMILES string of the molecule is c1ccc(-c2cscc2N2CCCC(COCCN3CCCC3)C2)cc1. The molecule has 1 unspecified atom stereocenters. The molecule has 2 aliphatic rings. The third kappa shape index (κ3) is 4.48. The van der Waals surface area contributed by atoms with Gasteiger partial charge in [-0.15, -0.1) is 11.3 Å². The number of thiophene rings is 1. The van der Waals surface area contributed by atoms with Gasteiger partial charge in [-0.3, -0.25) is 0 Å². The lowest BCUT2D eigenvalue weighted by Gasteiger charge is -2.34. The molecule has 2 fully saturated rings. The van der Waals surface area contributed by atoms with Crippen LogP contribution in [0.2, 0.25) is 0 Å². The van der Waals surface area contributed by atoms with Crippen molar-refractivity contribution in [2.45, 2.75) is 25.7 Å². The molecule has 2 aromatic rings. The van der Waals surface area contributed by atoms with Crippen molar-refractivity contribution in [1.82, 2.24) is 4.90 Å². The minimum atomic E-state index is 0.658. The molecule has 1 aromatic carbocycles. The van der Waals surface area contributed by atoms with Gasteiger partial charge in [0.2, 0.25) is 0 Å². The highest BCUT2D eigenvalue weighted by molar-refractivity contribution is 7.08. The molecule has 4 heteroatoms. The molecule has 0 spiro atoms. The van der Waals surface area contributed by atoms with Crippen molar-refractivity contribution in [3.63, 3.8) is 0 Å². The maximum absolute atomic E-state index is 6.05. The minimum absolute atomic E-state index is 0.658. The Hall–Kier alpha value is -1.36. The van der Waals surface area contributed by atoms with Crippen LogP contribution in [0.5, 0.6) is 0 Å². The van der Waals surface area contributed by atoms with Crippen LogP contribution in [0.25, 0.3) is 11.1 Å². The summed E-state index contributed by atoms with van der Waals surface area (Å²) in [7, 11) is 0. The van der Waals surface area contributed by atoms with Crippen LogP contribution in [-0.2, 0) is 4.74 Å². The molecule has 26 heavy (non-hydrogen) atoms. The Morgan fingerprint density at radius 1 is 1.00 bits per heavy atom. The summed E-state index contributed by atoms with van der Waals surface area (Å²) in [6, 6.07) is 10.8. The first-order chi connectivity index (χ1) is 12.9. The van der Waals surface area contributed by atoms with Crippen molar-refractivity contribution in [2.75, 3.05) is 50.8 Å². The smallest absolute Gasteiger partial charge is 0.0593 e. The summed E-state index contributed by atoms with van der Waals surface area (Å²) < 4.78 is 6.05. The van der Waals surface area contributed by atoms with Crippen molar-refractivity contribution in [2.24, 2.45) is 5.92 Å². The Morgan fingerprint density at radius 3 is 2.69 bits per heavy atom. The third-order valence-electron chi connectivity index (χ3n) is 5.69. The van der Waals surface area contributed by atoms with Gasteiger partial charge in [0.25, 0.3) is 0 Å². The Morgan fingerprint density at radius 2 is 1.85 bits per heavy atom. The van der Waals surface area contributed by atoms with Gasteiger partial charge in [-0.2, -0.15) is 0 Å². The maximum Gasteiger partial charge on any atom is 0.0593 e. The second kappa shape index (κ2) is 9.03. The number of benzene rings is 1. The lowest BCUT2D eigenvalue weighted by Crippen LogP contribution is -2.37. The summed E-state index contributed by atoms with van der Waals surface area (Å²) >= 11 is 1.81. The number of hydrogen-bond acceptors (Lipinski definition) is 4. The summed E-state index contributed by atoms with van der Waals surface area (Å²) in [5.74, 6) is 0.658. The van der Waals surface area contributed by atoms with E-state index >= 15 is 0 Å². The Balaban J connectivity index is 1.30. The molecule has 1 aromatic heterocycles. The monoisotopic (exact) mass is 370 g/mol. The number of rotatable bonds is 7. The lowest BCUT2D eigenvalue weighted by atomic mass is 9.97. The number of nitrogens with zero attached hydrogens (tertiary/aromatic N) is 2. The van der Waals surface area contributed by atoms with Crippen molar-refractivity contribution in [3.8, 4) is 11.1 Å². The molecule has 0 N–H and O–H groups in total. The van der Waals surface area contributed by atoms with Crippen molar-refractivity contribution < 1.29 is 4.74 Å². The van der Waals surface area contributed by atoms with E-state index in [0.29, 0.717) is 5.92 Å². The summed E-state index contributed by atoms with van der Waals surface area (Å²) in [4.78, 5) is 5.11. The largest absolute Gasteiger partial charge is 0.380 e. The highest BCUT2D eigenvalue weighted by Gasteiger charge is 2.23. The summed E-state index contributed by atoms with van der Waals surface area (Å²) in [5.41, 5.74) is 4.11. The minimum Gasteiger partial charge on any atom is -0.380 e. The van der Waals surface area contributed by atoms with Gasteiger partial charge in [0.1, 0.15) is 0 Å². The first-order valence-electron chi connectivity index (χ1n) is 10.1. The zero-order valence-electron chi connectivity index (χ0n) is 15.6. The maximum atomic E-state index is 6.05. The van der Waals surface area contributed by atoms with E-state index in [1.807, 2.05) is 11.3 Å². The molecule has 4 rings (SSSR count). The Kier molecular flexibility index (Phi) is 6.26. The second-order valence-corrected chi connectivity index (χ2v) is 8.36. The van der Waals surface area contributed by atoms with Gasteiger partial charge in [-0.25, -0.2) is 0 Å². The molecule has 0 amide bonds. The predicted molar refractivity (Wildman–Crippen MR) is 111 cm³/mol. The van der Waals surface area contributed by atoms with E-state index in [1.165, 1.54) is 62.1 Å². The van der Waals surface area contributed by atoms with Crippen LogP contribution in [0, 0.1) is 5.92 Å². The van der Waals surface area contributed by atoms with Gasteiger partial charge in [0, 0.05) is 36.0 Å². The average Bonchev–Trinajstić information content (AvgIpc) is 3.38. The fourth-order valence-electron chi connectivity index (χ4n) is 4.24. The number of ether oxygens (including phenoxy) is 1. The van der Waals surface area contributed by atoms with Gasteiger partial charge in [-0.05, 0) is 50.3 Å². The first-order valence-corrected chi connectivity index (χ1v) is 11.0. The van der Waals surface area contributed by atoms with Crippen LogP contribution in [-0.4, -0.2) is 50.8 Å². The number of hydrogen-bond donors (Lipinski definition) is 0. The average molecular weight is 371 g/mol. The van der Waals surface area contributed by atoms with Gasteiger partial charge in [0.05, 0.1) is 18.9 Å². The van der Waals surface area contributed by atoms with E-state index in [4.69, 9.17) is 4.74 Å². The Bertz CT molecular complexity index is 666. The zero-order chi connectivity index (χ0) is 17.6. The van der Waals surface area contributed by atoms with E-state index in [-0.39, 0.29) is 0 Å². The molecule has 0 bridgehead atoms. The standard InChI is InChI=1S/C22H30N2OS/c1-2-8-20(9-3-1)21-17-26-18-22(21)24-12-6-7-19(15-24)16-25-14-13-23-10-4-5-11-23/h1-3,8-9,17-19H,4-7,10-16H2. The Labute approximate surface area is 161 Å². The van der Waals surface area contributed by atoms with E-state index < -0.39 is 0 Å². The highest BCUT2D eigenvalue weighted by Crippen LogP contribution is 2.36. The van der Waals surface area contributed by atoms with Gasteiger partial charge < -0.3 is 14.5 Å². The van der Waals surface area contributed by atoms with Crippen molar-refractivity contribution in [1.29, 1.82) is 0 Å². The first kappa shape index (κ1) is 18.0. The van der Waals surface area contributed by atoms with Crippen LogP contribution in [0.3, 0.4) is 0 Å². The molecule has 3 nitrogen and oxygen atoms in total. The van der Waals surface area contributed by atoms with Crippen molar-refractivity contribution >= 4 is 17.0 Å². The lowest BCUT2D eigenvalue weighted by molar-refractivity contribution is 0.0780. The number of anilines is 1. The normalized spacial score (nSPS) is 21.4. The summed E-state index contributed by atoms with van der Waals surface area (Å²) in [6.45, 7) is 7.74. The molecular formula is C22H30N2OS. The molecule has 3 heterocycles. The van der Waals surface area contributed by atoms with E-state index in [1.54, 1.807) is 0 Å². The molecule has 2 saturated heterocycles. The molecule has 2 aliphatic heterocycles. The van der Waals surface area contributed by atoms with Crippen LogP contribution in [0.4, 0.5) is 5.69 Å². The number of piperidine rings is 1. The van der Waals surface area contributed by atoms with E-state index in [9.17, 15) is 0 Å². The molecule has 0 saturated carbocycles. The zero-order valence-corrected chi connectivity index (χ0v) is 16.4. The quantitative estimate of drug-likeness (QED) is 0.655. The fraction of sp³-hybridized carbons (Fsp3) is 0.545. The molecule has 0 aliphatic carbocycles. The van der Waals surface area contributed by atoms with Crippen LogP contribution in [0.1, 0.15) is 25.7 Å². The summed E-state index contributed by atoms with van der Waals surface area (Å²) in [6.07, 6.45) is 5.29. The van der Waals surface area contributed by atoms with E-state index in [2.05, 4.69) is 50.9 Å². The fourth-order valence-corrected chi connectivity index (χ4v) is 5.10.